The van der Waals surface area contributed by atoms with Gasteiger partial charge in [-0.2, -0.15) is 0 Å². The van der Waals surface area contributed by atoms with Gasteiger partial charge in [-0.05, 0) is 68.8 Å². The summed E-state index contributed by atoms with van der Waals surface area (Å²) in [5.74, 6) is 0. The van der Waals surface area contributed by atoms with Gasteiger partial charge in [0.25, 0.3) is 0 Å². The number of benzene rings is 2. The molecule has 0 amide bonds. The highest BCUT2D eigenvalue weighted by atomic mass is 35.5. The van der Waals surface area contributed by atoms with Crippen LogP contribution >= 0.6 is 34.8 Å². The lowest BCUT2D eigenvalue weighted by Crippen LogP contribution is -2.52. The maximum Gasteiger partial charge on any atom is 0.0670 e. The third kappa shape index (κ3) is 5.03. The second-order valence-corrected chi connectivity index (χ2v) is 9.49. The predicted octanol–water partition coefficient (Wildman–Crippen LogP) is 5.99. The summed E-state index contributed by atoms with van der Waals surface area (Å²) in [6, 6.07) is 14.8. The second-order valence-electron chi connectivity index (χ2n) is 8.21. The van der Waals surface area contributed by atoms with Crippen molar-refractivity contribution in [3.05, 3.63) is 63.1 Å². The van der Waals surface area contributed by atoms with E-state index in [1.165, 1.54) is 31.5 Å². The van der Waals surface area contributed by atoms with Crippen LogP contribution in [0.15, 0.2) is 42.5 Å². The molecule has 2 fully saturated rings. The number of rotatable bonds is 5. The van der Waals surface area contributed by atoms with Crippen LogP contribution in [-0.2, 0) is 0 Å². The van der Waals surface area contributed by atoms with Crippen LogP contribution in [0.2, 0.25) is 15.1 Å². The van der Waals surface area contributed by atoms with Gasteiger partial charge >= 0.3 is 0 Å². The third-order valence-corrected chi connectivity index (χ3v) is 7.01. The Hall–Kier alpha value is -0.970. The summed E-state index contributed by atoms with van der Waals surface area (Å²) in [5.41, 5.74) is 2.31. The van der Waals surface area contributed by atoms with Crippen LogP contribution in [-0.4, -0.2) is 55.1 Å². The lowest BCUT2D eigenvalue weighted by molar-refractivity contribution is 0.151. The minimum atomic E-state index is 0.227. The average molecular weight is 453 g/mol. The van der Waals surface area contributed by atoms with Gasteiger partial charge in [-0.15, -0.1) is 0 Å². The van der Waals surface area contributed by atoms with E-state index in [1.54, 1.807) is 0 Å². The first-order valence-corrected chi connectivity index (χ1v) is 11.6. The van der Waals surface area contributed by atoms with Gasteiger partial charge in [-0.1, -0.05) is 46.9 Å². The van der Waals surface area contributed by atoms with Crippen molar-refractivity contribution in [3.8, 4) is 0 Å². The fourth-order valence-electron chi connectivity index (χ4n) is 4.65. The fourth-order valence-corrected chi connectivity index (χ4v) is 5.29. The molecule has 0 radical (unpaired) electrons. The van der Waals surface area contributed by atoms with Crippen molar-refractivity contribution < 1.29 is 0 Å². The molecule has 29 heavy (non-hydrogen) atoms. The molecule has 0 bridgehead atoms. The summed E-state index contributed by atoms with van der Waals surface area (Å²) < 4.78 is 0. The van der Waals surface area contributed by atoms with E-state index in [0.717, 1.165) is 36.9 Å². The molecule has 4 rings (SSSR count). The Bertz CT molecular complexity index is 821. The number of halogens is 3. The van der Waals surface area contributed by atoms with Crippen molar-refractivity contribution in [1.82, 2.24) is 9.80 Å². The Morgan fingerprint density at radius 3 is 2.28 bits per heavy atom. The number of anilines is 1. The molecule has 1 unspecified atom stereocenters. The highest BCUT2D eigenvalue weighted by molar-refractivity contribution is 6.36. The minimum Gasteiger partial charge on any atom is -0.361 e. The van der Waals surface area contributed by atoms with Crippen LogP contribution in [0.3, 0.4) is 0 Å². The summed E-state index contributed by atoms with van der Waals surface area (Å²) in [6.07, 6.45) is 2.67. The topological polar surface area (TPSA) is 9.72 Å². The Balaban J connectivity index is 1.56. The Morgan fingerprint density at radius 2 is 1.59 bits per heavy atom. The van der Waals surface area contributed by atoms with Crippen LogP contribution < -0.4 is 4.90 Å². The molecule has 2 aromatic rings. The Labute approximate surface area is 189 Å². The molecule has 6 heteroatoms. The number of hydrogen-bond acceptors (Lipinski definition) is 3. The smallest absolute Gasteiger partial charge is 0.0670 e. The highest BCUT2D eigenvalue weighted by Crippen LogP contribution is 2.37. The lowest BCUT2D eigenvalue weighted by Gasteiger charge is -2.44. The zero-order valence-corrected chi connectivity index (χ0v) is 19.1. The van der Waals surface area contributed by atoms with Crippen molar-refractivity contribution in [2.75, 3.05) is 44.2 Å². The van der Waals surface area contributed by atoms with Gasteiger partial charge in [0.2, 0.25) is 0 Å². The molecule has 2 aliphatic rings. The SMILES string of the molecule is CC(CN1CCN(c2ccc(Cl)cc2Cl)[C@H](c2ccc(Cl)cc2)C1)N1CCCC1. The number of likely N-dealkylation sites (tertiary alicyclic amines) is 1. The molecule has 2 saturated heterocycles. The molecular formula is C23H28Cl3N3. The van der Waals surface area contributed by atoms with E-state index in [-0.39, 0.29) is 6.04 Å². The third-order valence-electron chi connectivity index (χ3n) is 6.22. The standard InChI is InChI=1S/C23H28Cl3N3/c1-17(28-10-2-3-11-28)15-27-12-13-29(22-9-8-20(25)14-21(22)26)23(16-27)18-4-6-19(24)7-5-18/h4-9,14,17,23H,2-3,10-13,15-16H2,1H3/t17?,23-/m0/s1. The normalized spacial score (nSPS) is 22.2. The second kappa shape index (κ2) is 9.45. The number of nitrogens with zero attached hydrogens (tertiary/aromatic N) is 3. The van der Waals surface area contributed by atoms with Gasteiger partial charge in [0.15, 0.2) is 0 Å². The molecular weight excluding hydrogens is 425 g/mol. The largest absolute Gasteiger partial charge is 0.361 e. The molecule has 0 aliphatic carbocycles. The lowest BCUT2D eigenvalue weighted by atomic mass is 10.0. The van der Waals surface area contributed by atoms with E-state index >= 15 is 0 Å². The monoisotopic (exact) mass is 451 g/mol. The quantitative estimate of drug-likeness (QED) is 0.551. The van der Waals surface area contributed by atoms with Crippen LogP contribution in [0.25, 0.3) is 0 Å². The summed E-state index contributed by atoms with van der Waals surface area (Å²) in [7, 11) is 0. The molecule has 2 aliphatic heterocycles. The van der Waals surface area contributed by atoms with Crippen molar-refractivity contribution in [1.29, 1.82) is 0 Å². The molecule has 156 valence electrons. The van der Waals surface area contributed by atoms with E-state index < -0.39 is 0 Å². The van der Waals surface area contributed by atoms with Gasteiger partial charge in [0.05, 0.1) is 16.8 Å². The van der Waals surface area contributed by atoms with Crippen molar-refractivity contribution >= 4 is 40.5 Å². The van der Waals surface area contributed by atoms with E-state index in [4.69, 9.17) is 34.8 Å². The Kier molecular flexibility index (Phi) is 6.93. The average Bonchev–Trinajstić information content (AvgIpc) is 3.24. The van der Waals surface area contributed by atoms with Gasteiger partial charge in [0.1, 0.15) is 0 Å². The first kappa shape index (κ1) is 21.3. The van der Waals surface area contributed by atoms with E-state index in [9.17, 15) is 0 Å². The molecule has 0 aromatic heterocycles. The van der Waals surface area contributed by atoms with E-state index in [0.29, 0.717) is 16.1 Å². The predicted molar refractivity (Wildman–Crippen MR) is 125 cm³/mol. The maximum atomic E-state index is 6.58. The van der Waals surface area contributed by atoms with Crippen LogP contribution in [0.4, 0.5) is 5.69 Å². The first-order valence-electron chi connectivity index (χ1n) is 10.4. The van der Waals surface area contributed by atoms with Crippen molar-refractivity contribution in [2.45, 2.75) is 31.8 Å². The van der Waals surface area contributed by atoms with Gasteiger partial charge in [-0.3, -0.25) is 9.80 Å². The molecule has 2 heterocycles. The zero-order chi connectivity index (χ0) is 20.4. The highest BCUT2D eigenvalue weighted by Gasteiger charge is 2.31. The fraction of sp³-hybridized carbons (Fsp3) is 0.478. The van der Waals surface area contributed by atoms with Crippen molar-refractivity contribution in [2.24, 2.45) is 0 Å². The van der Waals surface area contributed by atoms with Crippen LogP contribution in [0.1, 0.15) is 31.4 Å². The number of piperazine rings is 1. The number of hydrogen-bond donors (Lipinski definition) is 0. The van der Waals surface area contributed by atoms with Crippen LogP contribution in [0, 0.1) is 0 Å². The van der Waals surface area contributed by atoms with Crippen molar-refractivity contribution in [3.63, 3.8) is 0 Å². The Morgan fingerprint density at radius 1 is 0.897 bits per heavy atom. The molecule has 0 spiro atoms. The first-order chi connectivity index (χ1) is 14.0. The summed E-state index contributed by atoms with van der Waals surface area (Å²) in [5, 5.41) is 2.13. The summed E-state index contributed by atoms with van der Waals surface area (Å²) >= 11 is 18.9. The zero-order valence-electron chi connectivity index (χ0n) is 16.8. The summed E-state index contributed by atoms with van der Waals surface area (Å²) in [4.78, 5) is 7.64. The van der Waals surface area contributed by atoms with Gasteiger partial charge in [0, 0.05) is 42.3 Å². The van der Waals surface area contributed by atoms with E-state index in [2.05, 4.69) is 33.8 Å². The molecule has 3 nitrogen and oxygen atoms in total. The van der Waals surface area contributed by atoms with Gasteiger partial charge in [-0.25, -0.2) is 0 Å². The van der Waals surface area contributed by atoms with Crippen LogP contribution in [0.5, 0.6) is 0 Å². The summed E-state index contributed by atoms with van der Waals surface area (Å²) in [6.45, 7) is 8.88. The molecule has 0 saturated carbocycles. The van der Waals surface area contributed by atoms with E-state index in [1.807, 2.05) is 30.3 Å². The molecule has 2 aromatic carbocycles. The molecule has 0 N–H and O–H groups in total. The van der Waals surface area contributed by atoms with Gasteiger partial charge < -0.3 is 4.90 Å². The minimum absolute atomic E-state index is 0.227. The maximum absolute atomic E-state index is 6.58. The molecule has 2 atom stereocenters.